The molecular weight excluding hydrogens is 2070 g/mol. The molecule has 0 atom stereocenters. The maximum atomic E-state index is 10.0. The summed E-state index contributed by atoms with van der Waals surface area (Å²) in [6.07, 6.45) is 16.2. The van der Waals surface area contributed by atoms with Crippen LogP contribution in [0.4, 0.5) is 0 Å². The first-order valence-corrected chi connectivity index (χ1v) is 33.6. The summed E-state index contributed by atoms with van der Waals surface area (Å²) >= 11 is 0. The minimum atomic E-state index is -0.125. The number of benzene rings is 10. The Morgan fingerprint density at radius 2 is 0.706 bits per heavy atom. The van der Waals surface area contributed by atoms with Crippen molar-refractivity contribution >= 4 is 82.0 Å². The smallest absolute Gasteiger partial charge is 0.155 e. The first kappa shape index (κ1) is 88.5. The predicted octanol–water partition coefficient (Wildman–Crippen LogP) is 22.2. The van der Waals surface area contributed by atoms with Gasteiger partial charge in [0.2, 0.25) is 0 Å². The molecule has 16 rings (SSSR count). The molecule has 0 saturated carbocycles. The molecule has 16 heteroatoms. The topological polar surface area (TPSA) is 189 Å². The van der Waals surface area contributed by atoms with E-state index in [2.05, 4.69) is 188 Å². The Balaban J connectivity index is 0.000000229. The molecule has 109 heavy (non-hydrogen) atoms. The van der Waals surface area contributed by atoms with Gasteiger partial charge in [-0.15, -0.1) is 136 Å². The van der Waals surface area contributed by atoms with Crippen molar-refractivity contribution in [2.45, 2.75) is 41.5 Å². The monoisotopic (exact) mass is 2140 g/mol. The zero-order valence-corrected chi connectivity index (χ0v) is 69.8. The van der Waals surface area contributed by atoms with E-state index in [1.54, 1.807) is 18.6 Å². The van der Waals surface area contributed by atoms with Gasteiger partial charge in [0.05, 0.1) is 17.3 Å². The molecule has 0 aliphatic heterocycles. The number of aromatic nitrogens is 6. The maximum Gasteiger partial charge on any atom is 0.155 e. The molecule has 3 N–H and O–H groups in total. The number of hydrogen-bond acceptors (Lipinski definition) is 12. The van der Waals surface area contributed by atoms with Crippen LogP contribution in [0.25, 0.3) is 121 Å². The van der Waals surface area contributed by atoms with E-state index in [4.69, 9.17) is 15.3 Å². The average Bonchev–Trinajstić information content (AvgIpc) is 0.815. The number of aliphatic hydroxyl groups is 3. The fourth-order valence-electron chi connectivity index (χ4n) is 10.8. The molecule has 554 valence electrons. The summed E-state index contributed by atoms with van der Waals surface area (Å²) in [7, 11) is 0. The van der Waals surface area contributed by atoms with E-state index in [1.807, 2.05) is 164 Å². The van der Waals surface area contributed by atoms with Gasteiger partial charge in [-0.2, -0.15) is 11.6 Å². The zero-order valence-electron chi connectivity index (χ0n) is 60.3. The van der Waals surface area contributed by atoms with E-state index in [-0.39, 0.29) is 115 Å². The predicted molar refractivity (Wildman–Crippen MR) is 427 cm³/mol. The second-order valence-corrected chi connectivity index (χ2v) is 23.6. The number of fused-ring (bicyclic) bond motifs is 6. The number of ketones is 3. The van der Waals surface area contributed by atoms with Gasteiger partial charge in [-0.3, -0.25) is 19.4 Å². The molecule has 0 aliphatic rings. The Morgan fingerprint density at radius 1 is 0.303 bits per heavy atom. The molecule has 16 aromatic rings. The van der Waals surface area contributed by atoms with Crippen LogP contribution in [0, 0.1) is 30.3 Å². The van der Waals surface area contributed by atoms with Gasteiger partial charge in [0.1, 0.15) is 0 Å². The number of aliphatic hydroxyl groups excluding tert-OH is 3. The zero-order chi connectivity index (χ0) is 74.1. The van der Waals surface area contributed by atoms with Gasteiger partial charge in [0.15, 0.2) is 17.3 Å². The van der Waals surface area contributed by atoms with Crippen LogP contribution in [0.1, 0.15) is 41.5 Å². The van der Waals surface area contributed by atoms with Crippen molar-refractivity contribution in [2.24, 2.45) is 0 Å². The number of nitrogens with zero attached hydrogens (tertiary/aromatic N) is 6. The van der Waals surface area contributed by atoms with Crippen LogP contribution in [0.15, 0.2) is 346 Å². The van der Waals surface area contributed by atoms with Gasteiger partial charge >= 0.3 is 0 Å². The fourth-order valence-corrected chi connectivity index (χ4v) is 10.8. The van der Waals surface area contributed by atoms with E-state index in [0.717, 1.165) is 67.1 Å². The molecule has 0 fully saturated rings. The van der Waals surface area contributed by atoms with Crippen LogP contribution < -0.4 is 0 Å². The second kappa shape index (κ2) is 46.9. The first-order valence-electron chi connectivity index (χ1n) is 33.6. The largest absolute Gasteiger partial charge is 0.512 e. The molecular formula is C93H75Ir4N6O6-5. The minimum Gasteiger partial charge on any atom is -0.512 e. The Labute approximate surface area is 690 Å². The fraction of sp³-hybridized carbons (Fsp3) is 0.0645. The molecule has 0 bridgehead atoms. The molecule has 6 aromatic heterocycles. The number of carbonyl (C=O) groups excluding carboxylic acids is 3. The molecule has 4 radical (unpaired) electrons. The van der Waals surface area contributed by atoms with E-state index >= 15 is 0 Å². The number of hydrogen-bond donors (Lipinski definition) is 3. The standard InChI is InChI=1S/2C19H12N.C15H10N.C14H9N2.C11H8N.3C5H8O2.4Ir/c1-2-8-16-13-20-19(12-15(16)7-1)18-11-5-9-14-6-3-4-10-17(14)18;1-2-7-16-13-17(10-9-14(16)5-1)19-18-8-4-3-6-15(18)11-12-20-19;1-2-7-13(8-3-1)15-14-9-5-4-6-12(14)10-11-16-15;1-2-4-13-11(3-1)7-10-16-14(13)12-5-8-15-9-6-12;1-2-6-10(7-3-1)11-8-4-5-9-12-11;3*1-4(6)3-5(2)7;;;;/h1-10,12-13H;1-9,11-13H;1-7,9-11H;1-5,7-10H;1-6,8-9H;3*3,6H,1-2H3;;;;/q5*-1;;;;;;;. The normalized spacial score (nSPS) is 10.4. The van der Waals surface area contributed by atoms with Gasteiger partial charge in [0.25, 0.3) is 0 Å². The number of rotatable bonds is 8. The Morgan fingerprint density at radius 3 is 1.14 bits per heavy atom. The summed E-state index contributed by atoms with van der Waals surface area (Å²) in [5.74, 6) is -0.187. The summed E-state index contributed by atoms with van der Waals surface area (Å²) in [6, 6.07) is 106. The molecule has 12 nitrogen and oxygen atoms in total. The first-order chi connectivity index (χ1) is 51.1. The van der Waals surface area contributed by atoms with E-state index in [1.165, 1.54) is 114 Å². The molecule has 6 heterocycles. The van der Waals surface area contributed by atoms with Crippen molar-refractivity contribution in [3.05, 3.63) is 376 Å². The maximum absolute atomic E-state index is 10.0. The van der Waals surface area contributed by atoms with Gasteiger partial charge in [-0.05, 0) is 150 Å². The van der Waals surface area contributed by atoms with Crippen molar-refractivity contribution in [2.75, 3.05) is 0 Å². The number of allylic oxidation sites excluding steroid dienone is 6. The van der Waals surface area contributed by atoms with Crippen LogP contribution in [0.2, 0.25) is 0 Å². The summed E-state index contributed by atoms with van der Waals surface area (Å²) < 4.78 is 0. The van der Waals surface area contributed by atoms with Gasteiger partial charge in [-0.1, -0.05) is 175 Å². The summed E-state index contributed by atoms with van der Waals surface area (Å²) in [5.41, 5.74) is 10.1. The molecule has 10 aromatic carbocycles. The average molecular weight is 2140 g/mol. The van der Waals surface area contributed by atoms with E-state index in [9.17, 15) is 14.4 Å². The number of pyridine rings is 6. The SMILES string of the molecule is CC(=O)C=C(C)O.CC(=O)C=C(C)O.CC(=O)C=C(C)O.[Ir].[Ir].[Ir].[Ir].[c-]1cc2ccccc2cc1-c1nccc2ccccc12.[c-]1ccc2ccccc2c1-c1cc2ccccc2cn1.[c-]1ccccc1-c1ccccn1.[c-]1ccccc1-c1nccc2ccccc12.[c-]1cnccc1-c1nccc2ccccc12. The summed E-state index contributed by atoms with van der Waals surface area (Å²) in [6.45, 7) is 8.54. The third kappa shape index (κ3) is 27.9. The van der Waals surface area contributed by atoms with Crippen LogP contribution >= 0.6 is 0 Å². The number of carbonyl (C=O) groups is 3. The van der Waals surface area contributed by atoms with Crippen LogP contribution in [0.5, 0.6) is 0 Å². The second-order valence-electron chi connectivity index (χ2n) is 23.6. The van der Waals surface area contributed by atoms with Crippen molar-refractivity contribution in [3.63, 3.8) is 0 Å². The summed E-state index contributed by atoms with van der Waals surface area (Å²) in [5, 5.41) is 39.4. The Kier molecular flexibility index (Phi) is 38.0. The molecule has 0 amide bonds. The summed E-state index contributed by atoms with van der Waals surface area (Å²) in [4.78, 5) is 56.3. The van der Waals surface area contributed by atoms with Crippen molar-refractivity contribution in [3.8, 4) is 56.3 Å². The Bertz CT molecular complexity index is 5230. The molecule has 0 saturated heterocycles. The van der Waals surface area contributed by atoms with Crippen LogP contribution in [-0.4, -0.2) is 62.6 Å². The van der Waals surface area contributed by atoms with Crippen molar-refractivity contribution < 1.29 is 110 Å². The third-order valence-electron chi connectivity index (χ3n) is 15.3. The quantitative estimate of drug-likeness (QED) is 0.0743. The third-order valence-corrected chi connectivity index (χ3v) is 15.3. The minimum absolute atomic E-state index is 0. The van der Waals surface area contributed by atoms with Crippen LogP contribution in [0.3, 0.4) is 0 Å². The molecule has 0 spiro atoms. The van der Waals surface area contributed by atoms with Crippen molar-refractivity contribution in [1.82, 2.24) is 29.9 Å². The van der Waals surface area contributed by atoms with E-state index in [0.29, 0.717) is 0 Å². The molecule has 0 unspecified atom stereocenters. The van der Waals surface area contributed by atoms with E-state index < -0.39 is 0 Å². The van der Waals surface area contributed by atoms with Gasteiger partial charge in [0, 0.05) is 130 Å². The van der Waals surface area contributed by atoms with Gasteiger partial charge in [-0.25, -0.2) is 0 Å². The molecule has 0 aliphatic carbocycles. The Hall–Kier alpha value is -11.1. The van der Waals surface area contributed by atoms with Crippen LogP contribution in [-0.2, 0) is 94.8 Å². The van der Waals surface area contributed by atoms with Crippen molar-refractivity contribution in [1.29, 1.82) is 0 Å². The van der Waals surface area contributed by atoms with Gasteiger partial charge < -0.3 is 40.2 Å².